The number of amides is 3. The van der Waals surface area contributed by atoms with Crippen LogP contribution in [0.1, 0.15) is 21.5 Å². The molecule has 0 atom stereocenters. The van der Waals surface area contributed by atoms with Gasteiger partial charge in [0.1, 0.15) is 0 Å². The Hall–Kier alpha value is -2.97. The average molecular weight is 443 g/mol. The predicted molar refractivity (Wildman–Crippen MR) is 110 cm³/mol. The van der Waals surface area contributed by atoms with Gasteiger partial charge in [-0.1, -0.05) is 28.1 Å². The molecule has 0 bridgehead atoms. The molecule has 0 spiro atoms. The lowest BCUT2D eigenvalue weighted by molar-refractivity contribution is -0.131. The number of nitrogens with one attached hydrogen (secondary N) is 3. The fraction of sp³-hybridized carbons (Fsp3) is 0.150. The third-order valence-electron chi connectivity index (χ3n) is 4.39. The molecule has 0 aliphatic carbocycles. The molecule has 8 heteroatoms. The van der Waals surface area contributed by atoms with Crippen LogP contribution in [0.2, 0.25) is 0 Å². The third-order valence-corrected chi connectivity index (χ3v) is 4.88. The first-order chi connectivity index (χ1) is 13.4. The normalized spacial score (nSPS) is 14.5. The molecular formula is C20H19BrN4O3. The van der Waals surface area contributed by atoms with Crippen LogP contribution in [0.4, 0.5) is 5.69 Å². The predicted octanol–water partition coefficient (Wildman–Crippen LogP) is 2.31. The van der Waals surface area contributed by atoms with Crippen molar-refractivity contribution in [1.29, 1.82) is 0 Å². The van der Waals surface area contributed by atoms with E-state index in [-0.39, 0.29) is 12.3 Å². The molecule has 2 aromatic rings. The molecule has 28 heavy (non-hydrogen) atoms. The lowest BCUT2D eigenvalue weighted by atomic mass is 9.95. The van der Waals surface area contributed by atoms with E-state index in [9.17, 15) is 14.4 Å². The minimum Gasteiger partial charge on any atom is -0.361 e. The Kier molecular flexibility index (Phi) is 5.91. The molecule has 1 aliphatic heterocycles. The van der Waals surface area contributed by atoms with E-state index in [0.717, 1.165) is 15.7 Å². The summed E-state index contributed by atoms with van der Waals surface area (Å²) in [6, 6.07) is 12.5. The second-order valence-corrected chi connectivity index (χ2v) is 7.14. The van der Waals surface area contributed by atoms with Gasteiger partial charge in [-0.05, 0) is 35.9 Å². The molecule has 0 aromatic heterocycles. The molecule has 0 fully saturated rings. The van der Waals surface area contributed by atoms with Crippen LogP contribution >= 0.6 is 15.9 Å². The molecule has 1 aliphatic rings. The van der Waals surface area contributed by atoms with Gasteiger partial charge in [-0.25, -0.2) is 5.43 Å². The minimum absolute atomic E-state index is 0.0453. The van der Waals surface area contributed by atoms with Crippen molar-refractivity contribution in [2.45, 2.75) is 6.42 Å². The summed E-state index contributed by atoms with van der Waals surface area (Å²) in [6.07, 6.45) is 1.85. The van der Waals surface area contributed by atoms with Crippen LogP contribution in [-0.2, 0) is 16.0 Å². The van der Waals surface area contributed by atoms with Crippen molar-refractivity contribution < 1.29 is 14.4 Å². The van der Waals surface area contributed by atoms with E-state index in [0.29, 0.717) is 16.7 Å². The van der Waals surface area contributed by atoms with Crippen molar-refractivity contribution in [1.82, 2.24) is 15.8 Å². The highest BCUT2D eigenvalue weighted by Crippen LogP contribution is 2.27. The molecule has 2 aromatic carbocycles. The summed E-state index contributed by atoms with van der Waals surface area (Å²) in [7, 11) is 3.35. The second-order valence-electron chi connectivity index (χ2n) is 6.23. The van der Waals surface area contributed by atoms with Gasteiger partial charge in [0, 0.05) is 41.6 Å². The molecule has 3 amide bonds. The van der Waals surface area contributed by atoms with Crippen molar-refractivity contribution in [3.63, 3.8) is 0 Å². The van der Waals surface area contributed by atoms with Crippen LogP contribution in [0.5, 0.6) is 0 Å². The van der Waals surface area contributed by atoms with Crippen molar-refractivity contribution in [3.8, 4) is 0 Å². The number of carbonyl (C=O) groups excluding carboxylic acids is 3. The van der Waals surface area contributed by atoms with Gasteiger partial charge >= 0.3 is 0 Å². The number of carbonyl (C=O) groups is 3. The van der Waals surface area contributed by atoms with E-state index in [4.69, 9.17) is 0 Å². The van der Waals surface area contributed by atoms with E-state index in [1.807, 2.05) is 24.3 Å². The summed E-state index contributed by atoms with van der Waals surface area (Å²) in [4.78, 5) is 36.2. The molecule has 3 rings (SSSR count). The summed E-state index contributed by atoms with van der Waals surface area (Å²) in [5, 5.41) is 6.84. The zero-order chi connectivity index (χ0) is 20.3. The zero-order valence-corrected chi connectivity index (χ0v) is 17.0. The van der Waals surface area contributed by atoms with Gasteiger partial charge in [0.2, 0.25) is 5.91 Å². The monoisotopic (exact) mass is 442 g/mol. The minimum atomic E-state index is -0.458. The Morgan fingerprint density at radius 1 is 1.11 bits per heavy atom. The third kappa shape index (κ3) is 4.29. The first-order valence-corrected chi connectivity index (χ1v) is 9.33. The topological polar surface area (TPSA) is 90.5 Å². The van der Waals surface area contributed by atoms with Gasteiger partial charge < -0.3 is 5.32 Å². The fourth-order valence-electron chi connectivity index (χ4n) is 2.73. The van der Waals surface area contributed by atoms with Gasteiger partial charge in [0.25, 0.3) is 11.8 Å². The summed E-state index contributed by atoms with van der Waals surface area (Å²) in [5.74, 6) is -0.915. The van der Waals surface area contributed by atoms with Gasteiger partial charge in [-0.3, -0.25) is 24.7 Å². The molecule has 0 saturated carbocycles. The van der Waals surface area contributed by atoms with E-state index in [1.165, 1.54) is 5.01 Å². The fourth-order valence-corrected chi connectivity index (χ4v) is 3.09. The Bertz CT molecular complexity index is 970. The van der Waals surface area contributed by atoms with Crippen molar-refractivity contribution in [2.75, 3.05) is 19.4 Å². The highest BCUT2D eigenvalue weighted by atomic mass is 79.9. The lowest BCUT2D eigenvalue weighted by Crippen LogP contribution is -2.37. The number of fused-ring (bicyclic) bond motifs is 1. The van der Waals surface area contributed by atoms with E-state index in [2.05, 4.69) is 32.0 Å². The maximum atomic E-state index is 12.3. The van der Waals surface area contributed by atoms with Gasteiger partial charge in [-0.2, -0.15) is 0 Å². The second kappa shape index (κ2) is 8.37. The molecule has 0 radical (unpaired) electrons. The molecule has 7 nitrogen and oxygen atoms in total. The standard InChI is InChI=1S/C20H19BrN4O3/c1-22-25(2)18(26)9-12-3-6-14(7-4-12)23-11-17-16-10-13(21)5-8-15(16)19(27)24-20(17)28/h3-8,10-11,22-23H,9H2,1-2H3,(H,24,27,28)/b17-11-. The van der Waals surface area contributed by atoms with Crippen molar-refractivity contribution in [2.24, 2.45) is 0 Å². The molecule has 0 saturated heterocycles. The number of hydrogen-bond donors (Lipinski definition) is 3. The molecule has 0 unspecified atom stereocenters. The van der Waals surface area contributed by atoms with E-state index < -0.39 is 11.8 Å². The van der Waals surface area contributed by atoms with Gasteiger partial charge in [-0.15, -0.1) is 0 Å². The van der Waals surface area contributed by atoms with Gasteiger partial charge in [0.15, 0.2) is 0 Å². The highest BCUT2D eigenvalue weighted by molar-refractivity contribution is 9.10. The van der Waals surface area contributed by atoms with Crippen LogP contribution in [0.3, 0.4) is 0 Å². The SMILES string of the molecule is CNN(C)C(=O)Cc1ccc(N/C=C2\C(=O)NC(=O)c3ccc(Br)cc32)cc1. The van der Waals surface area contributed by atoms with Crippen LogP contribution in [0.25, 0.3) is 5.57 Å². The van der Waals surface area contributed by atoms with Crippen LogP contribution in [0.15, 0.2) is 53.1 Å². The number of benzene rings is 2. The van der Waals surface area contributed by atoms with Crippen molar-refractivity contribution >= 4 is 44.9 Å². The first kappa shape index (κ1) is 19.8. The van der Waals surface area contributed by atoms with Crippen LogP contribution < -0.4 is 16.1 Å². The zero-order valence-electron chi connectivity index (χ0n) is 15.4. The Labute approximate surface area is 170 Å². The number of hydrazine groups is 1. The number of likely N-dealkylation sites (N-methyl/N-ethyl adjacent to an activating group) is 1. The summed E-state index contributed by atoms with van der Waals surface area (Å²) < 4.78 is 0.778. The molecule has 3 N–H and O–H groups in total. The molecule has 1 heterocycles. The number of halogens is 1. The number of nitrogens with zero attached hydrogens (tertiary/aromatic N) is 1. The largest absolute Gasteiger partial charge is 0.361 e. The molecular weight excluding hydrogens is 424 g/mol. The molecule has 144 valence electrons. The lowest BCUT2D eigenvalue weighted by Gasteiger charge is -2.18. The Morgan fingerprint density at radius 3 is 2.50 bits per heavy atom. The first-order valence-electron chi connectivity index (χ1n) is 8.54. The number of hydrogen-bond acceptors (Lipinski definition) is 5. The number of imide groups is 1. The van der Waals surface area contributed by atoms with Crippen molar-refractivity contribution in [3.05, 3.63) is 69.8 Å². The Morgan fingerprint density at radius 2 is 1.82 bits per heavy atom. The van der Waals surface area contributed by atoms with Crippen LogP contribution in [0, 0.1) is 0 Å². The summed E-state index contributed by atoms with van der Waals surface area (Å²) in [5.41, 5.74) is 5.78. The van der Waals surface area contributed by atoms with Gasteiger partial charge in [0.05, 0.1) is 12.0 Å². The summed E-state index contributed by atoms with van der Waals surface area (Å²) >= 11 is 3.37. The van der Waals surface area contributed by atoms with E-state index in [1.54, 1.807) is 38.5 Å². The number of anilines is 1. The maximum absolute atomic E-state index is 12.3. The smallest absolute Gasteiger partial charge is 0.260 e. The number of rotatable bonds is 5. The van der Waals surface area contributed by atoms with E-state index >= 15 is 0 Å². The quantitative estimate of drug-likeness (QED) is 0.375. The maximum Gasteiger partial charge on any atom is 0.260 e. The van der Waals surface area contributed by atoms with Crippen LogP contribution in [-0.4, -0.2) is 36.8 Å². The summed E-state index contributed by atoms with van der Waals surface area (Å²) in [6.45, 7) is 0. The average Bonchev–Trinajstić information content (AvgIpc) is 2.68. The Balaban J connectivity index is 1.78. The highest BCUT2D eigenvalue weighted by Gasteiger charge is 2.27.